The number of benzene rings is 2. The first-order chi connectivity index (χ1) is 10.4. The van der Waals surface area contributed by atoms with Gasteiger partial charge in [0.1, 0.15) is 19.0 Å². The van der Waals surface area contributed by atoms with Gasteiger partial charge in [-0.1, -0.05) is 35.9 Å². The van der Waals surface area contributed by atoms with Gasteiger partial charge in [0.2, 0.25) is 0 Å². The Morgan fingerprint density at radius 1 is 0.864 bits per heavy atom. The third-order valence-corrected chi connectivity index (χ3v) is 4.61. The molecule has 0 aliphatic rings. The van der Waals surface area contributed by atoms with E-state index in [1.807, 2.05) is 39.0 Å². The van der Waals surface area contributed by atoms with Crippen LogP contribution in [0.1, 0.15) is 16.7 Å². The summed E-state index contributed by atoms with van der Waals surface area (Å²) in [7, 11) is -3.73. The molecule has 0 N–H and O–H groups in total. The molecule has 0 spiro atoms. The molecule has 2 aromatic carbocycles. The Kier molecular flexibility index (Phi) is 5.21. The minimum Gasteiger partial charge on any atom is -0.491 e. The van der Waals surface area contributed by atoms with Crippen molar-refractivity contribution in [2.75, 3.05) is 13.2 Å². The lowest BCUT2D eigenvalue weighted by Crippen LogP contribution is -2.13. The quantitative estimate of drug-likeness (QED) is 0.605. The van der Waals surface area contributed by atoms with Crippen LogP contribution in [0.15, 0.2) is 47.4 Å². The van der Waals surface area contributed by atoms with E-state index in [1.54, 1.807) is 12.1 Å². The van der Waals surface area contributed by atoms with Gasteiger partial charge < -0.3 is 4.74 Å². The molecule has 0 saturated carbocycles. The second-order valence-corrected chi connectivity index (χ2v) is 6.77. The van der Waals surface area contributed by atoms with Gasteiger partial charge in [0.15, 0.2) is 0 Å². The molecule has 2 rings (SSSR count). The fourth-order valence-corrected chi connectivity index (χ4v) is 2.98. The molecule has 0 saturated heterocycles. The summed E-state index contributed by atoms with van der Waals surface area (Å²) in [5.74, 6) is 0.777. The zero-order chi connectivity index (χ0) is 16.2. The first-order valence-electron chi connectivity index (χ1n) is 7.05. The molecule has 0 aliphatic carbocycles. The summed E-state index contributed by atoms with van der Waals surface area (Å²) in [6, 6.07) is 12.4. The van der Waals surface area contributed by atoms with Crippen molar-refractivity contribution in [2.24, 2.45) is 0 Å². The van der Waals surface area contributed by atoms with E-state index in [9.17, 15) is 8.42 Å². The van der Waals surface area contributed by atoms with Crippen molar-refractivity contribution in [1.29, 1.82) is 0 Å². The highest BCUT2D eigenvalue weighted by Crippen LogP contribution is 2.22. The predicted molar refractivity (Wildman–Crippen MR) is 85.7 cm³/mol. The van der Waals surface area contributed by atoms with Gasteiger partial charge in [-0.15, -0.1) is 0 Å². The standard InChI is InChI=1S/C17H20O4S/c1-13-7-9-16(10-8-13)22(18,19)21-12-11-20-17-14(2)5-4-6-15(17)3/h4-10H,11-12H2,1-3H3. The minimum atomic E-state index is -3.73. The number of hydrogen-bond donors (Lipinski definition) is 0. The van der Waals surface area contributed by atoms with Gasteiger partial charge in [0, 0.05) is 0 Å². The SMILES string of the molecule is Cc1ccc(S(=O)(=O)OCCOc2c(C)cccc2C)cc1. The maximum atomic E-state index is 12.0. The average Bonchev–Trinajstić information content (AvgIpc) is 2.46. The summed E-state index contributed by atoms with van der Waals surface area (Å²) in [4.78, 5) is 0.158. The first-order valence-corrected chi connectivity index (χ1v) is 8.46. The Morgan fingerprint density at radius 3 is 2.05 bits per heavy atom. The molecule has 0 aromatic heterocycles. The van der Waals surface area contributed by atoms with Gasteiger partial charge in [-0.05, 0) is 44.0 Å². The largest absolute Gasteiger partial charge is 0.491 e. The zero-order valence-electron chi connectivity index (χ0n) is 13.0. The van der Waals surface area contributed by atoms with Crippen molar-refractivity contribution in [3.63, 3.8) is 0 Å². The van der Waals surface area contributed by atoms with E-state index in [2.05, 4.69) is 0 Å². The normalized spacial score (nSPS) is 11.4. The Bertz CT molecular complexity index is 714. The Morgan fingerprint density at radius 2 is 1.45 bits per heavy atom. The van der Waals surface area contributed by atoms with E-state index in [0.717, 1.165) is 22.4 Å². The maximum absolute atomic E-state index is 12.0. The van der Waals surface area contributed by atoms with E-state index in [0.29, 0.717) is 0 Å². The molecule has 0 radical (unpaired) electrons. The molecule has 2 aromatic rings. The minimum absolute atomic E-state index is 0.0238. The van der Waals surface area contributed by atoms with E-state index in [-0.39, 0.29) is 18.1 Å². The molecule has 0 fully saturated rings. The Hall–Kier alpha value is -1.85. The van der Waals surface area contributed by atoms with Gasteiger partial charge in [0.05, 0.1) is 4.90 Å². The summed E-state index contributed by atoms with van der Waals surface area (Å²) in [6.07, 6.45) is 0. The van der Waals surface area contributed by atoms with Gasteiger partial charge in [-0.3, -0.25) is 4.18 Å². The highest BCUT2D eigenvalue weighted by Gasteiger charge is 2.14. The lowest BCUT2D eigenvalue weighted by Gasteiger charge is -2.12. The van der Waals surface area contributed by atoms with Crippen LogP contribution in [0, 0.1) is 20.8 Å². The maximum Gasteiger partial charge on any atom is 0.297 e. The van der Waals surface area contributed by atoms with Crippen LogP contribution in [0.4, 0.5) is 0 Å². The molecule has 0 amide bonds. The highest BCUT2D eigenvalue weighted by molar-refractivity contribution is 7.86. The molecule has 0 unspecified atom stereocenters. The smallest absolute Gasteiger partial charge is 0.297 e. The molecule has 0 aliphatic heterocycles. The second-order valence-electron chi connectivity index (χ2n) is 5.16. The summed E-state index contributed by atoms with van der Waals surface area (Å²) < 4.78 is 34.7. The molecular formula is C17H20O4S. The monoisotopic (exact) mass is 320 g/mol. The highest BCUT2D eigenvalue weighted by atomic mass is 32.2. The van der Waals surface area contributed by atoms with Crippen LogP contribution in [0.5, 0.6) is 5.75 Å². The molecule has 22 heavy (non-hydrogen) atoms. The second kappa shape index (κ2) is 6.94. The molecule has 4 nitrogen and oxygen atoms in total. The van der Waals surface area contributed by atoms with Crippen molar-refractivity contribution in [3.8, 4) is 5.75 Å². The summed E-state index contributed by atoms with van der Waals surface area (Å²) in [5, 5.41) is 0. The number of hydrogen-bond acceptors (Lipinski definition) is 4. The van der Waals surface area contributed by atoms with E-state index >= 15 is 0 Å². The lowest BCUT2D eigenvalue weighted by atomic mass is 10.1. The van der Waals surface area contributed by atoms with E-state index in [1.165, 1.54) is 12.1 Å². The van der Waals surface area contributed by atoms with Crippen molar-refractivity contribution in [1.82, 2.24) is 0 Å². The van der Waals surface area contributed by atoms with Crippen LogP contribution >= 0.6 is 0 Å². The summed E-state index contributed by atoms with van der Waals surface area (Å²) in [5.41, 5.74) is 3.03. The van der Waals surface area contributed by atoms with Crippen molar-refractivity contribution in [3.05, 3.63) is 59.2 Å². The van der Waals surface area contributed by atoms with Crippen LogP contribution in [-0.4, -0.2) is 21.6 Å². The van der Waals surface area contributed by atoms with E-state index < -0.39 is 10.1 Å². The molecular weight excluding hydrogens is 300 g/mol. The third-order valence-electron chi connectivity index (χ3n) is 3.29. The van der Waals surface area contributed by atoms with Crippen molar-refractivity contribution >= 4 is 10.1 Å². The Labute approximate surface area is 131 Å². The van der Waals surface area contributed by atoms with Gasteiger partial charge in [-0.25, -0.2) is 0 Å². The Balaban J connectivity index is 1.92. The predicted octanol–water partition coefficient (Wildman–Crippen LogP) is 3.40. The average molecular weight is 320 g/mol. The van der Waals surface area contributed by atoms with Crippen LogP contribution in [0.3, 0.4) is 0 Å². The van der Waals surface area contributed by atoms with Crippen molar-refractivity contribution < 1.29 is 17.3 Å². The lowest BCUT2D eigenvalue weighted by molar-refractivity contribution is 0.219. The topological polar surface area (TPSA) is 52.6 Å². The van der Waals surface area contributed by atoms with Gasteiger partial charge >= 0.3 is 0 Å². The number of aryl methyl sites for hydroxylation is 3. The zero-order valence-corrected chi connectivity index (χ0v) is 13.8. The number of ether oxygens (including phenoxy) is 1. The van der Waals surface area contributed by atoms with Gasteiger partial charge in [-0.2, -0.15) is 8.42 Å². The van der Waals surface area contributed by atoms with Gasteiger partial charge in [0.25, 0.3) is 10.1 Å². The molecule has 0 atom stereocenters. The molecule has 5 heteroatoms. The summed E-state index contributed by atoms with van der Waals surface area (Å²) >= 11 is 0. The number of para-hydroxylation sites is 1. The van der Waals surface area contributed by atoms with Crippen LogP contribution < -0.4 is 4.74 Å². The fourth-order valence-electron chi connectivity index (χ4n) is 2.09. The fraction of sp³-hybridized carbons (Fsp3) is 0.294. The molecule has 0 bridgehead atoms. The summed E-state index contributed by atoms with van der Waals surface area (Å²) in [6.45, 7) is 5.95. The number of rotatable bonds is 6. The van der Waals surface area contributed by atoms with E-state index in [4.69, 9.17) is 8.92 Å². The van der Waals surface area contributed by atoms with Crippen LogP contribution in [0.25, 0.3) is 0 Å². The van der Waals surface area contributed by atoms with Crippen LogP contribution in [0.2, 0.25) is 0 Å². The van der Waals surface area contributed by atoms with Crippen LogP contribution in [-0.2, 0) is 14.3 Å². The molecule has 118 valence electrons. The van der Waals surface area contributed by atoms with Crippen molar-refractivity contribution in [2.45, 2.75) is 25.7 Å². The molecule has 0 heterocycles. The first kappa shape index (κ1) is 16.5. The third kappa shape index (κ3) is 4.08.